The summed E-state index contributed by atoms with van der Waals surface area (Å²) in [6, 6.07) is 2.74. The molecule has 2 unspecified atom stereocenters. The first kappa shape index (κ1) is 8.72. The number of hydrogen-bond acceptors (Lipinski definition) is 3. The summed E-state index contributed by atoms with van der Waals surface area (Å²) in [6.07, 6.45) is 1.82. The number of nitrogens with one attached hydrogen (secondary N) is 1. The van der Waals surface area contributed by atoms with Crippen LogP contribution < -0.4 is 5.32 Å². The zero-order valence-corrected chi connectivity index (χ0v) is 8.03. The van der Waals surface area contributed by atoms with Crippen molar-refractivity contribution in [1.82, 2.24) is 15.1 Å². The lowest BCUT2D eigenvalue weighted by atomic mass is 10.1. The molecule has 1 aliphatic rings. The maximum absolute atomic E-state index is 5.47. The normalized spacial score (nSPS) is 29.1. The van der Waals surface area contributed by atoms with Gasteiger partial charge in [0, 0.05) is 19.3 Å². The Morgan fingerprint density at radius 3 is 3.08 bits per heavy atom. The van der Waals surface area contributed by atoms with Crippen molar-refractivity contribution < 1.29 is 4.74 Å². The Bertz CT molecular complexity index is 284. The molecule has 1 aromatic rings. The van der Waals surface area contributed by atoms with Crippen molar-refractivity contribution in [3.05, 3.63) is 18.0 Å². The number of nitrogens with zero attached hydrogens (tertiary/aromatic N) is 2. The Morgan fingerprint density at radius 1 is 1.62 bits per heavy atom. The van der Waals surface area contributed by atoms with Crippen molar-refractivity contribution in [2.75, 3.05) is 13.2 Å². The van der Waals surface area contributed by atoms with Crippen LogP contribution in [-0.4, -0.2) is 29.0 Å². The summed E-state index contributed by atoms with van der Waals surface area (Å²) >= 11 is 0. The van der Waals surface area contributed by atoms with E-state index in [1.54, 1.807) is 0 Å². The SMILES string of the molecule is CC1COCC(c2ccnn2C)N1. The van der Waals surface area contributed by atoms with Gasteiger partial charge in [0.2, 0.25) is 0 Å². The third-order valence-electron chi connectivity index (χ3n) is 2.35. The molecule has 0 amide bonds. The molecule has 1 fully saturated rings. The molecular weight excluding hydrogens is 166 g/mol. The van der Waals surface area contributed by atoms with Crippen LogP contribution in [0.15, 0.2) is 12.3 Å². The van der Waals surface area contributed by atoms with E-state index in [1.165, 1.54) is 5.69 Å². The largest absolute Gasteiger partial charge is 0.378 e. The second-order valence-electron chi connectivity index (χ2n) is 3.54. The molecule has 4 heteroatoms. The molecule has 72 valence electrons. The summed E-state index contributed by atoms with van der Waals surface area (Å²) in [4.78, 5) is 0. The maximum atomic E-state index is 5.47. The van der Waals surface area contributed by atoms with E-state index in [1.807, 2.05) is 24.0 Å². The number of ether oxygens (including phenoxy) is 1. The van der Waals surface area contributed by atoms with Crippen LogP contribution in [0.1, 0.15) is 18.7 Å². The molecule has 2 rings (SSSR count). The average molecular weight is 181 g/mol. The van der Waals surface area contributed by atoms with E-state index < -0.39 is 0 Å². The van der Waals surface area contributed by atoms with Crippen molar-refractivity contribution in [2.24, 2.45) is 7.05 Å². The first-order valence-electron chi connectivity index (χ1n) is 4.59. The van der Waals surface area contributed by atoms with E-state index in [2.05, 4.69) is 17.3 Å². The number of aromatic nitrogens is 2. The van der Waals surface area contributed by atoms with Gasteiger partial charge < -0.3 is 10.1 Å². The Kier molecular flexibility index (Phi) is 2.33. The second kappa shape index (κ2) is 3.47. The highest BCUT2D eigenvalue weighted by Gasteiger charge is 2.21. The topological polar surface area (TPSA) is 39.1 Å². The minimum Gasteiger partial charge on any atom is -0.378 e. The summed E-state index contributed by atoms with van der Waals surface area (Å²) in [5.41, 5.74) is 1.19. The van der Waals surface area contributed by atoms with Crippen molar-refractivity contribution in [3.63, 3.8) is 0 Å². The van der Waals surface area contributed by atoms with Crippen LogP contribution in [-0.2, 0) is 11.8 Å². The third-order valence-corrected chi connectivity index (χ3v) is 2.35. The van der Waals surface area contributed by atoms with Gasteiger partial charge in [0.25, 0.3) is 0 Å². The average Bonchev–Trinajstić information content (AvgIpc) is 2.51. The quantitative estimate of drug-likeness (QED) is 0.684. The summed E-state index contributed by atoms with van der Waals surface area (Å²) in [6.45, 7) is 3.67. The van der Waals surface area contributed by atoms with Crippen molar-refractivity contribution >= 4 is 0 Å². The third kappa shape index (κ3) is 1.73. The lowest BCUT2D eigenvalue weighted by molar-refractivity contribution is 0.0481. The smallest absolute Gasteiger partial charge is 0.0732 e. The van der Waals surface area contributed by atoms with Gasteiger partial charge in [0.05, 0.1) is 24.9 Å². The van der Waals surface area contributed by atoms with Gasteiger partial charge in [0.15, 0.2) is 0 Å². The molecule has 0 aromatic carbocycles. The van der Waals surface area contributed by atoms with E-state index in [-0.39, 0.29) is 6.04 Å². The van der Waals surface area contributed by atoms with Crippen LogP contribution in [0, 0.1) is 0 Å². The van der Waals surface area contributed by atoms with Crippen molar-refractivity contribution in [1.29, 1.82) is 0 Å². The van der Waals surface area contributed by atoms with Crippen LogP contribution in [0.5, 0.6) is 0 Å². The highest BCUT2D eigenvalue weighted by Crippen LogP contribution is 2.16. The summed E-state index contributed by atoms with van der Waals surface area (Å²) in [5.74, 6) is 0. The minimum atomic E-state index is 0.288. The van der Waals surface area contributed by atoms with Gasteiger partial charge in [-0.3, -0.25) is 4.68 Å². The van der Waals surface area contributed by atoms with Gasteiger partial charge in [-0.2, -0.15) is 5.10 Å². The fourth-order valence-electron chi connectivity index (χ4n) is 1.70. The zero-order chi connectivity index (χ0) is 9.26. The Balaban J connectivity index is 2.12. The van der Waals surface area contributed by atoms with Crippen LogP contribution in [0.3, 0.4) is 0 Å². The van der Waals surface area contributed by atoms with Gasteiger partial charge in [-0.25, -0.2) is 0 Å². The highest BCUT2D eigenvalue weighted by atomic mass is 16.5. The summed E-state index contributed by atoms with van der Waals surface area (Å²) in [7, 11) is 1.95. The van der Waals surface area contributed by atoms with Gasteiger partial charge in [-0.05, 0) is 13.0 Å². The van der Waals surface area contributed by atoms with E-state index >= 15 is 0 Å². The molecular formula is C9H15N3O. The molecule has 1 aromatic heterocycles. The predicted molar refractivity (Wildman–Crippen MR) is 49.4 cm³/mol. The van der Waals surface area contributed by atoms with Gasteiger partial charge in [-0.15, -0.1) is 0 Å². The van der Waals surface area contributed by atoms with Crippen molar-refractivity contribution in [3.8, 4) is 0 Å². The Morgan fingerprint density at radius 2 is 2.46 bits per heavy atom. The number of rotatable bonds is 1. The molecule has 0 radical (unpaired) electrons. The molecule has 0 aliphatic carbocycles. The van der Waals surface area contributed by atoms with Crippen LogP contribution in [0.2, 0.25) is 0 Å². The molecule has 13 heavy (non-hydrogen) atoms. The number of morpholine rings is 1. The van der Waals surface area contributed by atoms with E-state index in [4.69, 9.17) is 4.74 Å². The standard InChI is InChI=1S/C9H15N3O/c1-7-5-13-6-8(11-7)9-3-4-10-12(9)2/h3-4,7-8,11H,5-6H2,1-2H3. The molecule has 1 saturated heterocycles. The molecule has 4 nitrogen and oxygen atoms in total. The van der Waals surface area contributed by atoms with Gasteiger partial charge in [-0.1, -0.05) is 0 Å². The van der Waals surface area contributed by atoms with Gasteiger partial charge in [0.1, 0.15) is 0 Å². The Hall–Kier alpha value is -0.870. The van der Waals surface area contributed by atoms with Crippen LogP contribution >= 0.6 is 0 Å². The molecule has 0 spiro atoms. The van der Waals surface area contributed by atoms with Crippen LogP contribution in [0.4, 0.5) is 0 Å². The van der Waals surface area contributed by atoms with E-state index in [0.29, 0.717) is 6.04 Å². The first-order chi connectivity index (χ1) is 6.27. The second-order valence-corrected chi connectivity index (χ2v) is 3.54. The molecule has 0 saturated carbocycles. The number of hydrogen-bond donors (Lipinski definition) is 1. The molecule has 1 N–H and O–H groups in total. The lowest BCUT2D eigenvalue weighted by Crippen LogP contribution is -2.42. The molecule has 1 aliphatic heterocycles. The fraction of sp³-hybridized carbons (Fsp3) is 0.667. The minimum absolute atomic E-state index is 0.288. The van der Waals surface area contributed by atoms with Crippen LogP contribution in [0.25, 0.3) is 0 Å². The summed E-state index contributed by atoms with van der Waals surface area (Å²) in [5, 5.41) is 7.61. The summed E-state index contributed by atoms with van der Waals surface area (Å²) < 4.78 is 7.36. The molecule has 0 bridgehead atoms. The monoisotopic (exact) mass is 181 g/mol. The van der Waals surface area contributed by atoms with Crippen molar-refractivity contribution in [2.45, 2.75) is 19.0 Å². The lowest BCUT2D eigenvalue weighted by Gasteiger charge is -2.28. The molecule has 2 heterocycles. The maximum Gasteiger partial charge on any atom is 0.0732 e. The predicted octanol–water partition coefficient (Wildman–Crippen LogP) is 0.470. The fourth-order valence-corrected chi connectivity index (χ4v) is 1.70. The van der Waals surface area contributed by atoms with Gasteiger partial charge >= 0.3 is 0 Å². The first-order valence-corrected chi connectivity index (χ1v) is 4.59. The number of aryl methyl sites for hydroxylation is 1. The molecule has 2 atom stereocenters. The highest BCUT2D eigenvalue weighted by molar-refractivity contribution is 5.07. The Labute approximate surface area is 77.9 Å². The zero-order valence-electron chi connectivity index (χ0n) is 8.03. The van der Waals surface area contributed by atoms with E-state index in [9.17, 15) is 0 Å². The van der Waals surface area contributed by atoms with E-state index in [0.717, 1.165) is 13.2 Å².